The van der Waals surface area contributed by atoms with Crippen molar-refractivity contribution in [3.63, 3.8) is 0 Å². The fourth-order valence-electron chi connectivity index (χ4n) is 1.20. The second-order valence-electron chi connectivity index (χ2n) is 3.99. The lowest BCUT2D eigenvalue weighted by molar-refractivity contribution is -0.147. The molecule has 2 N–H and O–H groups in total. The molecule has 6 nitrogen and oxygen atoms in total. The second kappa shape index (κ2) is 6.46. The Morgan fingerprint density at radius 3 is 2.67 bits per heavy atom. The zero-order valence-electron chi connectivity index (χ0n) is 10.5. The summed E-state index contributed by atoms with van der Waals surface area (Å²) in [4.78, 5) is 27.0. The molecule has 1 amide bonds. The third-order valence-electron chi connectivity index (χ3n) is 2.25. The van der Waals surface area contributed by atoms with Crippen LogP contribution in [-0.2, 0) is 9.53 Å². The van der Waals surface area contributed by atoms with Gasteiger partial charge in [-0.05, 0) is 0 Å². The van der Waals surface area contributed by atoms with Gasteiger partial charge in [0.1, 0.15) is 4.88 Å². The maximum atomic E-state index is 11.7. The van der Waals surface area contributed by atoms with Crippen LogP contribution in [0.2, 0.25) is 0 Å². The summed E-state index contributed by atoms with van der Waals surface area (Å²) >= 11 is 1.31. The van der Waals surface area contributed by atoms with Gasteiger partial charge in [0.15, 0.2) is 6.10 Å². The number of amides is 1. The predicted molar refractivity (Wildman–Crippen MR) is 67.0 cm³/mol. The molecular formula is C11H16N2O4S. The van der Waals surface area contributed by atoms with E-state index in [-0.39, 0.29) is 18.4 Å². The lowest BCUT2D eigenvalue weighted by Crippen LogP contribution is -2.37. The Hall–Kier alpha value is -1.47. The van der Waals surface area contributed by atoms with Gasteiger partial charge in [-0.3, -0.25) is 4.79 Å². The Balaban J connectivity index is 2.57. The van der Waals surface area contributed by atoms with Gasteiger partial charge < -0.3 is 15.2 Å². The van der Waals surface area contributed by atoms with Gasteiger partial charge in [-0.2, -0.15) is 0 Å². The summed E-state index contributed by atoms with van der Waals surface area (Å²) < 4.78 is 4.71. The van der Waals surface area contributed by atoms with E-state index < -0.39 is 12.1 Å². The molecule has 0 aliphatic rings. The first kappa shape index (κ1) is 14.6. The molecule has 0 saturated heterocycles. The van der Waals surface area contributed by atoms with Crippen molar-refractivity contribution < 1.29 is 19.4 Å². The number of ether oxygens (including phenoxy) is 1. The number of nitrogens with one attached hydrogen (secondary N) is 1. The SMILES string of the molecule is COC(CNC(=O)c1cnc(C(C)C)s1)C(=O)O. The fraction of sp³-hybridized carbons (Fsp3) is 0.545. The summed E-state index contributed by atoms with van der Waals surface area (Å²) in [5.41, 5.74) is 0. The normalized spacial score (nSPS) is 12.4. The quantitative estimate of drug-likeness (QED) is 0.809. The number of aromatic nitrogens is 1. The maximum absolute atomic E-state index is 11.7. The Kier molecular flexibility index (Phi) is 5.24. The third-order valence-corrected chi connectivity index (χ3v) is 3.55. The van der Waals surface area contributed by atoms with Crippen LogP contribution in [0.3, 0.4) is 0 Å². The fourth-order valence-corrected chi connectivity index (χ4v) is 2.04. The topological polar surface area (TPSA) is 88.5 Å². The number of methoxy groups -OCH3 is 1. The van der Waals surface area contributed by atoms with Crippen LogP contribution in [0.1, 0.15) is 34.4 Å². The molecule has 1 rings (SSSR count). The minimum Gasteiger partial charge on any atom is -0.479 e. The molecule has 100 valence electrons. The molecule has 1 aromatic rings. The molecule has 0 aromatic carbocycles. The Labute approximate surface area is 109 Å². The van der Waals surface area contributed by atoms with E-state index >= 15 is 0 Å². The van der Waals surface area contributed by atoms with Crippen LogP contribution in [0.15, 0.2) is 6.20 Å². The minimum absolute atomic E-state index is 0.0699. The van der Waals surface area contributed by atoms with Gasteiger partial charge in [0.2, 0.25) is 0 Å². The molecule has 1 unspecified atom stereocenters. The number of carboxylic acids is 1. The first-order valence-electron chi connectivity index (χ1n) is 5.45. The van der Waals surface area contributed by atoms with Crippen LogP contribution in [0.4, 0.5) is 0 Å². The number of carbonyl (C=O) groups is 2. The molecule has 18 heavy (non-hydrogen) atoms. The van der Waals surface area contributed by atoms with Gasteiger partial charge in [-0.15, -0.1) is 11.3 Å². The smallest absolute Gasteiger partial charge is 0.334 e. The summed E-state index contributed by atoms with van der Waals surface area (Å²) in [5, 5.41) is 12.1. The average molecular weight is 272 g/mol. The molecule has 0 aliphatic heterocycles. The molecule has 1 heterocycles. The van der Waals surface area contributed by atoms with Crippen LogP contribution in [0.25, 0.3) is 0 Å². The van der Waals surface area contributed by atoms with Crippen molar-refractivity contribution in [1.29, 1.82) is 0 Å². The van der Waals surface area contributed by atoms with Crippen molar-refractivity contribution >= 4 is 23.2 Å². The lowest BCUT2D eigenvalue weighted by atomic mass is 10.2. The summed E-state index contributed by atoms with van der Waals surface area (Å²) in [6.07, 6.45) is 0.462. The molecule has 0 aliphatic carbocycles. The highest BCUT2D eigenvalue weighted by Crippen LogP contribution is 2.20. The number of hydrogen-bond acceptors (Lipinski definition) is 5. The van der Waals surface area contributed by atoms with Gasteiger partial charge in [0.05, 0.1) is 17.7 Å². The van der Waals surface area contributed by atoms with Crippen LogP contribution in [0.5, 0.6) is 0 Å². The van der Waals surface area contributed by atoms with Crippen LogP contribution >= 0.6 is 11.3 Å². The molecule has 1 atom stereocenters. The number of aliphatic carboxylic acids is 1. The number of nitrogens with zero attached hydrogens (tertiary/aromatic N) is 1. The van der Waals surface area contributed by atoms with Gasteiger partial charge in [0.25, 0.3) is 5.91 Å². The maximum Gasteiger partial charge on any atom is 0.334 e. The first-order chi connectivity index (χ1) is 8.45. The first-order valence-corrected chi connectivity index (χ1v) is 6.26. The predicted octanol–water partition coefficient (Wildman–Crippen LogP) is 1.10. The zero-order chi connectivity index (χ0) is 13.7. The lowest BCUT2D eigenvalue weighted by Gasteiger charge is -2.10. The largest absolute Gasteiger partial charge is 0.479 e. The number of carboxylic acid groups (broad SMARTS) is 1. The van der Waals surface area contributed by atoms with Crippen molar-refractivity contribution in [3.8, 4) is 0 Å². The monoisotopic (exact) mass is 272 g/mol. The molecule has 1 aromatic heterocycles. The van der Waals surface area contributed by atoms with Crippen molar-refractivity contribution in [3.05, 3.63) is 16.1 Å². The highest BCUT2D eigenvalue weighted by Gasteiger charge is 2.19. The van der Waals surface area contributed by atoms with E-state index in [4.69, 9.17) is 9.84 Å². The van der Waals surface area contributed by atoms with Crippen LogP contribution < -0.4 is 5.32 Å². The minimum atomic E-state index is -1.11. The number of hydrogen-bond donors (Lipinski definition) is 2. The van der Waals surface area contributed by atoms with Gasteiger partial charge >= 0.3 is 5.97 Å². The molecule has 0 bridgehead atoms. The van der Waals surface area contributed by atoms with E-state index in [1.165, 1.54) is 24.6 Å². The highest BCUT2D eigenvalue weighted by atomic mass is 32.1. The molecular weight excluding hydrogens is 256 g/mol. The Bertz CT molecular complexity index is 430. The van der Waals surface area contributed by atoms with Gasteiger partial charge in [-0.1, -0.05) is 13.8 Å². The van der Waals surface area contributed by atoms with Crippen molar-refractivity contribution in [2.45, 2.75) is 25.9 Å². The molecule has 0 radical (unpaired) electrons. The Morgan fingerprint density at radius 1 is 1.56 bits per heavy atom. The number of rotatable bonds is 6. The summed E-state index contributed by atoms with van der Waals surface area (Å²) in [5.74, 6) is -1.17. The van der Waals surface area contributed by atoms with Crippen molar-refractivity contribution in [2.24, 2.45) is 0 Å². The van der Waals surface area contributed by atoms with E-state index in [9.17, 15) is 9.59 Å². The molecule has 7 heteroatoms. The van der Waals surface area contributed by atoms with Gasteiger partial charge in [0, 0.05) is 13.0 Å². The van der Waals surface area contributed by atoms with Crippen LogP contribution in [-0.4, -0.2) is 41.7 Å². The molecule has 0 saturated carbocycles. The number of thiazole rings is 1. The van der Waals surface area contributed by atoms with E-state index in [2.05, 4.69) is 10.3 Å². The molecule has 0 spiro atoms. The van der Waals surface area contributed by atoms with E-state index in [1.54, 1.807) is 0 Å². The van der Waals surface area contributed by atoms with Crippen molar-refractivity contribution in [2.75, 3.05) is 13.7 Å². The molecule has 0 fully saturated rings. The van der Waals surface area contributed by atoms with Crippen molar-refractivity contribution in [1.82, 2.24) is 10.3 Å². The zero-order valence-corrected chi connectivity index (χ0v) is 11.3. The highest BCUT2D eigenvalue weighted by molar-refractivity contribution is 7.13. The third kappa shape index (κ3) is 3.78. The second-order valence-corrected chi connectivity index (χ2v) is 5.05. The van der Waals surface area contributed by atoms with Gasteiger partial charge in [-0.25, -0.2) is 9.78 Å². The standard InChI is InChI=1S/C11H16N2O4S/c1-6(2)10-13-5-8(18-10)9(14)12-4-7(17-3)11(15)16/h5-7H,4H2,1-3H3,(H,12,14)(H,15,16). The Morgan fingerprint density at radius 2 is 2.22 bits per heavy atom. The average Bonchev–Trinajstić information content (AvgIpc) is 2.78. The van der Waals surface area contributed by atoms with E-state index in [0.29, 0.717) is 4.88 Å². The van der Waals surface area contributed by atoms with E-state index in [1.807, 2.05) is 13.8 Å². The summed E-state index contributed by atoms with van der Waals surface area (Å²) in [6, 6.07) is 0. The van der Waals surface area contributed by atoms with Crippen LogP contribution in [0, 0.1) is 0 Å². The summed E-state index contributed by atoms with van der Waals surface area (Å²) in [7, 11) is 1.29. The van der Waals surface area contributed by atoms with E-state index in [0.717, 1.165) is 5.01 Å². The summed E-state index contributed by atoms with van der Waals surface area (Å²) in [6.45, 7) is 3.91. The number of carbonyl (C=O) groups excluding carboxylic acids is 1.